The first-order valence-corrected chi connectivity index (χ1v) is 9.23. The van der Waals surface area contributed by atoms with Crippen molar-refractivity contribution in [1.29, 1.82) is 0 Å². The Kier molecular flexibility index (Phi) is 5.05. The number of rotatable bonds is 6. The number of nitrogens with one attached hydrogen (secondary N) is 1. The van der Waals surface area contributed by atoms with E-state index in [0.717, 1.165) is 22.4 Å². The second-order valence-electron chi connectivity index (χ2n) is 6.63. The topological polar surface area (TPSA) is 90.7 Å². The third kappa shape index (κ3) is 3.43. The predicted octanol–water partition coefficient (Wildman–Crippen LogP) is 4.11. The number of aromatic nitrogens is 3. The second kappa shape index (κ2) is 7.82. The van der Waals surface area contributed by atoms with Crippen molar-refractivity contribution >= 4 is 22.5 Å². The fourth-order valence-electron chi connectivity index (χ4n) is 3.31. The third-order valence-corrected chi connectivity index (χ3v) is 4.86. The lowest BCUT2D eigenvalue weighted by molar-refractivity contribution is 0.355. The maximum absolute atomic E-state index is 9.98. The number of pyridine rings is 1. The Labute approximate surface area is 173 Å². The van der Waals surface area contributed by atoms with Gasteiger partial charge in [-0.15, -0.1) is 0 Å². The van der Waals surface area contributed by atoms with Crippen LogP contribution in [0.1, 0.15) is 0 Å². The van der Waals surface area contributed by atoms with Crippen LogP contribution in [0.2, 0.25) is 0 Å². The lowest BCUT2D eigenvalue weighted by Gasteiger charge is -2.10. The highest BCUT2D eigenvalue weighted by molar-refractivity contribution is 5.83. The zero-order chi connectivity index (χ0) is 21.3. The number of anilines is 2. The van der Waals surface area contributed by atoms with Crippen LogP contribution >= 0.6 is 0 Å². The number of methoxy groups -OCH3 is 3. The zero-order valence-corrected chi connectivity index (χ0v) is 17.1. The van der Waals surface area contributed by atoms with Gasteiger partial charge in [0.2, 0.25) is 0 Å². The van der Waals surface area contributed by atoms with E-state index in [-0.39, 0.29) is 5.75 Å². The average molecular weight is 406 g/mol. The fraction of sp³-hybridized carbons (Fsp3) is 0.182. The highest BCUT2D eigenvalue weighted by Gasteiger charge is 2.14. The predicted molar refractivity (Wildman–Crippen MR) is 115 cm³/mol. The molecule has 8 heteroatoms. The molecule has 0 amide bonds. The van der Waals surface area contributed by atoms with Gasteiger partial charge in [0, 0.05) is 30.4 Å². The molecule has 0 spiro atoms. The van der Waals surface area contributed by atoms with Crippen molar-refractivity contribution in [3.63, 3.8) is 0 Å². The Balaban J connectivity index is 1.69. The van der Waals surface area contributed by atoms with Gasteiger partial charge in [0.05, 0.1) is 33.0 Å². The Morgan fingerprint density at radius 1 is 0.900 bits per heavy atom. The highest BCUT2D eigenvalue weighted by Crippen LogP contribution is 2.34. The van der Waals surface area contributed by atoms with E-state index in [0.29, 0.717) is 28.8 Å². The van der Waals surface area contributed by atoms with Gasteiger partial charge in [-0.1, -0.05) is 0 Å². The molecule has 30 heavy (non-hydrogen) atoms. The van der Waals surface area contributed by atoms with Gasteiger partial charge in [0.25, 0.3) is 0 Å². The molecule has 0 saturated heterocycles. The van der Waals surface area contributed by atoms with E-state index in [2.05, 4.69) is 10.3 Å². The van der Waals surface area contributed by atoms with Crippen LogP contribution in [-0.2, 0) is 7.05 Å². The van der Waals surface area contributed by atoms with Crippen molar-refractivity contribution in [3.8, 4) is 34.4 Å². The van der Waals surface area contributed by atoms with Gasteiger partial charge >= 0.3 is 0 Å². The molecule has 2 aromatic heterocycles. The smallest absolute Gasteiger partial charge is 0.161 e. The molecule has 0 fully saturated rings. The third-order valence-electron chi connectivity index (χ3n) is 4.86. The number of phenolic OH excluding ortho intramolecular Hbond substituents is 1. The summed E-state index contributed by atoms with van der Waals surface area (Å²) in [5.74, 6) is 3.19. The molecule has 0 radical (unpaired) electrons. The average Bonchev–Trinajstić information content (AvgIpc) is 3.09. The molecule has 4 aromatic rings. The SMILES string of the molecule is COc1ccc(Nc2cc3c(cn2)nc(-c2ccc(OC)c(OC)c2)n3C)cc1O. The van der Waals surface area contributed by atoms with Crippen molar-refractivity contribution in [2.24, 2.45) is 7.05 Å². The number of ether oxygens (including phenoxy) is 3. The van der Waals surface area contributed by atoms with Crippen molar-refractivity contribution in [1.82, 2.24) is 14.5 Å². The van der Waals surface area contributed by atoms with Crippen LogP contribution in [0.5, 0.6) is 23.0 Å². The lowest BCUT2D eigenvalue weighted by atomic mass is 10.2. The van der Waals surface area contributed by atoms with Gasteiger partial charge < -0.3 is 29.2 Å². The molecule has 0 aliphatic heterocycles. The molecule has 2 N–H and O–H groups in total. The summed E-state index contributed by atoms with van der Waals surface area (Å²) in [6, 6.07) is 12.7. The number of benzene rings is 2. The van der Waals surface area contributed by atoms with E-state index in [4.69, 9.17) is 19.2 Å². The molecule has 0 unspecified atom stereocenters. The number of hydrogen-bond donors (Lipinski definition) is 2. The van der Waals surface area contributed by atoms with Crippen molar-refractivity contribution in [2.45, 2.75) is 0 Å². The van der Waals surface area contributed by atoms with E-state index in [1.165, 1.54) is 7.11 Å². The zero-order valence-electron chi connectivity index (χ0n) is 17.1. The van der Waals surface area contributed by atoms with E-state index >= 15 is 0 Å². The van der Waals surface area contributed by atoms with Crippen LogP contribution in [0.15, 0.2) is 48.7 Å². The lowest BCUT2D eigenvalue weighted by Crippen LogP contribution is -1.96. The van der Waals surface area contributed by atoms with Crippen molar-refractivity contribution in [3.05, 3.63) is 48.7 Å². The van der Waals surface area contributed by atoms with Crippen LogP contribution in [0, 0.1) is 0 Å². The monoisotopic (exact) mass is 406 g/mol. The molecular formula is C22H22N4O4. The van der Waals surface area contributed by atoms with Crippen LogP contribution < -0.4 is 19.5 Å². The number of hydrogen-bond acceptors (Lipinski definition) is 7. The van der Waals surface area contributed by atoms with Gasteiger partial charge in [-0.25, -0.2) is 9.97 Å². The molecular weight excluding hydrogens is 384 g/mol. The summed E-state index contributed by atoms with van der Waals surface area (Å²) >= 11 is 0. The number of aryl methyl sites for hydroxylation is 1. The molecule has 8 nitrogen and oxygen atoms in total. The van der Waals surface area contributed by atoms with Crippen LogP contribution in [0.4, 0.5) is 11.5 Å². The Morgan fingerprint density at radius 2 is 1.63 bits per heavy atom. The summed E-state index contributed by atoms with van der Waals surface area (Å²) < 4.78 is 17.8. The number of aromatic hydroxyl groups is 1. The Hall–Kier alpha value is -3.94. The molecule has 0 saturated carbocycles. The molecule has 0 atom stereocenters. The highest BCUT2D eigenvalue weighted by atomic mass is 16.5. The summed E-state index contributed by atoms with van der Waals surface area (Å²) in [7, 11) is 6.67. The normalized spacial score (nSPS) is 10.8. The number of nitrogens with zero attached hydrogens (tertiary/aromatic N) is 3. The quantitative estimate of drug-likeness (QED) is 0.498. The number of fused-ring (bicyclic) bond motifs is 1. The van der Waals surface area contributed by atoms with Gasteiger partial charge in [-0.05, 0) is 30.3 Å². The Bertz CT molecular complexity index is 1220. The van der Waals surface area contributed by atoms with Crippen LogP contribution in [-0.4, -0.2) is 41.0 Å². The van der Waals surface area contributed by atoms with Gasteiger partial charge in [-0.2, -0.15) is 0 Å². The number of phenols is 1. The fourth-order valence-corrected chi connectivity index (χ4v) is 3.31. The summed E-state index contributed by atoms with van der Waals surface area (Å²) in [6.45, 7) is 0. The molecule has 0 bridgehead atoms. The maximum Gasteiger partial charge on any atom is 0.161 e. The van der Waals surface area contributed by atoms with Crippen LogP contribution in [0.3, 0.4) is 0 Å². The second-order valence-corrected chi connectivity index (χ2v) is 6.63. The van der Waals surface area contributed by atoms with Crippen molar-refractivity contribution < 1.29 is 19.3 Å². The Morgan fingerprint density at radius 3 is 2.33 bits per heavy atom. The first-order valence-electron chi connectivity index (χ1n) is 9.23. The van der Waals surface area contributed by atoms with E-state index in [1.807, 2.05) is 41.9 Å². The summed E-state index contributed by atoms with van der Waals surface area (Å²) in [4.78, 5) is 9.16. The first-order chi connectivity index (χ1) is 14.5. The summed E-state index contributed by atoms with van der Waals surface area (Å²) in [6.07, 6.45) is 1.71. The summed E-state index contributed by atoms with van der Waals surface area (Å²) in [5, 5.41) is 13.2. The molecule has 2 heterocycles. The minimum atomic E-state index is 0.0554. The van der Waals surface area contributed by atoms with E-state index in [1.54, 1.807) is 32.5 Å². The molecule has 154 valence electrons. The van der Waals surface area contributed by atoms with E-state index < -0.39 is 0 Å². The van der Waals surface area contributed by atoms with Crippen LogP contribution in [0.25, 0.3) is 22.4 Å². The minimum absolute atomic E-state index is 0.0554. The standard InChI is InChI=1S/C22H22N4O4/c1-26-16-11-21(24-14-6-8-18(28-2)17(27)10-14)23-12-15(16)25-22(26)13-5-7-19(29-3)20(9-13)30-4/h5-12,27H,1-4H3,(H,23,24). The molecule has 0 aliphatic carbocycles. The van der Waals surface area contributed by atoms with Gasteiger partial charge in [-0.3, -0.25) is 0 Å². The van der Waals surface area contributed by atoms with Gasteiger partial charge in [0.1, 0.15) is 17.2 Å². The minimum Gasteiger partial charge on any atom is -0.504 e. The van der Waals surface area contributed by atoms with Crippen molar-refractivity contribution in [2.75, 3.05) is 26.6 Å². The van der Waals surface area contributed by atoms with Gasteiger partial charge in [0.15, 0.2) is 23.0 Å². The first kappa shape index (κ1) is 19.4. The number of imidazole rings is 1. The molecule has 2 aromatic carbocycles. The van der Waals surface area contributed by atoms with E-state index in [9.17, 15) is 5.11 Å². The molecule has 4 rings (SSSR count). The largest absolute Gasteiger partial charge is 0.504 e. The molecule has 0 aliphatic rings. The summed E-state index contributed by atoms with van der Waals surface area (Å²) in [5.41, 5.74) is 3.28. The maximum atomic E-state index is 9.98.